The Morgan fingerprint density at radius 1 is 1.50 bits per heavy atom. The molecule has 2 N–H and O–H groups in total. The van der Waals surface area contributed by atoms with Gasteiger partial charge in [0.05, 0.1) is 5.41 Å². The van der Waals surface area contributed by atoms with Crippen molar-refractivity contribution in [3.63, 3.8) is 0 Å². The number of carbonyl (C=O) groups is 1. The smallest absolute Gasteiger partial charge is 0.223 e. The highest BCUT2D eigenvalue weighted by Gasteiger charge is 2.56. The molecule has 0 radical (unpaired) electrons. The zero-order valence-electron chi connectivity index (χ0n) is 8.62. The van der Waals surface area contributed by atoms with Gasteiger partial charge >= 0.3 is 0 Å². The maximum Gasteiger partial charge on any atom is 0.223 e. The van der Waals surface area contributed by atoms with Crippen molar-refractivity contribution in [3.8, 4) is 0 Å². The standard InChI is InChI=1S/C12H17NO/c1-7-2-8-3-9-5-12(4-7,11(13)14)6-10(8)9/h2,7,9-10H,3-6H2,1H3,(H2,13,14). The molecule has 14 heavy (non-hydrogen) atoms. The molecule has 1 amide bonds. The first kappa shape index (κ1) is 8.51. The van der Waals surface area contributed by atoms with Gasteiger partial charge in [-0.3, -0.25) is 4.79 Å². The number of amides is 1. The molecule has 0 aromatic heterocycles. The first-order valence-electron chi connectivity index (χ1n) is 5.61. The molecule has 0 saturated heterocycles. The van der Waals surface area contributed by atoms with Gasteiger partial charge in [0, 0.05) is 0 Å². The summed E-state index contributed by atoms with van der Waals surface area (Å²) >= 11 is 0. The second kappa shape index (κ2) is 2.41. The lowest BCUT2D eigenvalue weighted by Gasteiger charge is -2.35. The van der Waals surface area contributed by atoms with Gasteiger partial charge in [0.2, 0.25) is 5.91 Å². The maximum absolute atomic E-state index is 11.6. The van der Waals surface area contributed by atoms with Gasteiger partial charge in [0.1, 0.15) is 0 Å². The van der Waals surface area contributed by atoms with Crippen LogP contribution in [0.3, 0.4) is 0 Å². The number of hydrogen-bond acceptors (Lipinski definition) is 1. The van der Waals surface area contributed by atoms with Crippen LogP contribution in [0.5, 0.6) is 0 Å². The lowest BCUT2D eigenvalue weighted by molar-refractivity contribution is -0.128. The number of allylic oxidation sites excluding steroid dienone is 2. The van der Waals surface area contributed by atoms with Crippen molar-refractivity contribution in [1.29, 1.82) is 0 Å². The first-order chi connectivity index (χ1) is 6.61. The Labute approximate surface area is 84.5 Å². The van der Waals surface area contributed by atoms with E-state index in [1.54, 1.807) is 5.57 Å². The molecule has 0 heterocycles. The second-order valence-electron chi connectivity index (χ2n) is 5.55. The monoisotopic (exact) mass is 191 g/mol. The van der Waals surface area contributed by atoms with Gasteiger partial charge in [-0.15, -0.1) is 0 Å². The Morgan fingerprint density at radius 2 is 2.29 bits per heavy atom. The van der Waals surface area contributed by atoms with E-state index in [0.717, 1.165) is 25.2 Å². The number of fused-ring (bicyclic) bond motifs is 1. The van der Waals surface area contributed by atoms with E-state index in [9.17, 15) is 4.79 Å². The third-order valence-electron chi connectivity index (χ3n) is 4.54. The van der Waals surface area contributed by atoms with Gasteiger partial charge in [-0.2, -0.15) is 0 Å². The molecule has 2 fully saturated rings. The minimum atomic E-state index is -0.149. The molecule has 4 unspecified atom stereocenters. The van der Waals surface area contributed by atoms with Gasteiger partial charge in [-0.25, -0.2) is 0 Å². The summed E-state index contributed by atoms with van der Waals surface area (Å²) < 4.78 is 0. The number of rotatable bonds is 1. The predicted octanol–water partition coefficient (Wildman–Crippen LogP) is 1.85. The van der Waals surface area contributed by atoms with Crippen molar-refractivity contribution in [3.05, 3.63) is 11.6 Å². The largest absolute Gasteiger partial charge is 0.369 e. The lowest BCUT2D eigenvalue weighted by atomic mass is 9.69. The molecule has 4 atom stereocenters. The number of nitrogens with two attached hydrogens (primary N) is 1. The average molecular weight is 191 g/mol. The van der Waals surface area contributed by atoms with Crippen LogP contribution in [0.2, 0.25) is 0 Å². The van der Waals surface area contributed by atoms with Crippen LogP contribution in [0.4, 0.5) is 0 Å². The Kier molecular flexibility index (Phi) is 1.47. The SMILES string of the molecule is CC1C=C2CC3CC(C(N)=O)(C1)CC23. The fourth-order valence-corrected chi connectivity index (χ4v) is 3.96. The number of primary amides is 1. The van der Waals surface area contributed by atoms with Gasteiger partial charge in [0.15, 0.2) is 0 Å². The van der Waals surface area contributed by atoms with E-state index in [1.807, 2.05) is 0 Å². The van der Waals surface area contributed by atoms with Crippen molar-refractivity contribution in [1.82, 2.24) is 0 Å². The summed E-state index contributed by atoms with van der Waals surface area (Å²) in [5.74, 6) is 1.99. The second-order valence-corrected chi connectivity index (χ2v) is 5.55. The molecule has 0 spiro atoms. The van der Waals surface area contributed by atoms with Crippen molar-refractivity contribution in [2.24, 2.45) is 28.9 Å². The van der Waals surface area contributed by atoms with E-state index in [4.69, 9.17) is 5.73 Å². The van der Waals surface area contributed by atoms with Crippen LogP contribution < -0.4 is 5.73 Å². The fourth-order valence-electron chi connectivity index (χ4n) is 3.96. The van der Waals surface area contributed by atoms with Crippen molar-refractivity contribution < 1.29 is 4.79 Å². The van der Waals surface area contributed by atoms with E-state index >= 15 is 0 Å². The van der Waals surface area contributed by atoms with Crippen molar-refractivity contribution >= 4 is 5.91 Å². The minimum Gasteiger partial charge on any atom is -0.369 e. The minimum absolute atomic E-state index is 0.0478. The Hall–Kier alpha value is -0.790. The summed E-state index contributed by atoms with van der Waals surface area (Å²) in [5.41, 5.74) is 7.05. The third kappa shape index (κ3) is 0.891. The highest BCUT2D eigenvalue weighted by atomic mass is 16.1. The van der Waals surface area contributed by atoms with Gasteiger partial charge in [-0.1, -0.05) is 18.6 Å². The molecular weight excluding hydrogens is 174 g/mol. The van der Waals surface area contributed by atoms with E-state index < -0.39 is 0 Å². The highest BCUT2D eigenvalue weighted by Crippen LogP contribution is 2.62. The number of carbonyl (C=O) groups excluding carboxylic acids is 1. The molecule has 2 saturated carbocycles. The quantitative estimate of drug-likeness (QED) is 0.631. The molecule has 0 aliphatic heterocycles. The number of hydrogen-bond donors (Lipinski definition) is 1. The third-order valence-corrected chi connectivity index (χ3v) is 4.54. The highest BCUT2D eigenvalue weighted by molar-refractivity contribution is 5.81. The summed E-state index contributed by atoms with van der Waals surface area (Å²) in [6, 6.07) is 0. The Bertz CT molecular complexity index is 333. The summed E-state index contributed by atoms with van der Waals surface area (Å²) in [6.07, 6.45) is 6.73. The van der Waals surface area contributed by atoms with E-state index in [2.05, 4.69) is 13.0 Å². The molecule has 0 aromatic rings. The predicted molar refractivity (Wildman–Crippen MR) is 54.3 cm³/mol. The molecule has 2 nitrogen and oxygen atoms in total. The summed E-state index contributed by atoms with van der Waals surface area (Å²) in [6.45, 7) is 2.21. The van der Waals surface area contributed by atoms with Crippen LogP contribution in [-0.2, 0) is 4.79 Å². The van der Waals surface area contributed by atoms with E-state index in [0.29, 0.717) is 11.8 Å². The molecule has 0 aromatic carbocycles. The van der Waals surface area contributed by atoms with Crippen LogP contribution in [0.1, 0.15) is 32.6 Å². The van der Waals surface area contributed by atoms with Crippen LogP contribution >= 0.6 is 0 Å². The molecule has 2 bridgehead atoms. The molecule has 2 heteroatoms. The molecule has 76 valence electrons. The molecule has 3 rings (SSSR count). The topological polar surface area (TPSA) is 43.1 Å². The van der Waals surface area contributed by atoms with Gasteiger partial charge in [0.25, 0.3) is 0 Å². The summed E-state index contributed by atoms with van der Waals surface area (Å²) in [7, 11) is 0. The normalized spacial score (nSPS) is 49.2. The molecule has 3 aliphatic rings. The fraction of sp³-hybridized carbons (Fsp3) is 0.750. The first-order valence-corrected chi connectivity index (χ1v) is 5.61. The van der Waals surface area contributed by atoms with E-state index in [1.165, 1.54) is 6.42 Å². The maximum atomic E-state index is 11.6. The van der Waals surface area contributed by atoms with Crippen molar-refractivity contribution in [2.75, 3.05) is 0 Å². The van der Waals surface area contributed by atoms with Crippen LogP contribution in [0, 0.1) is 23.2 Å². The van der Waals surface area contributed by atoms with Crippen LogP contribution in [0.25, 0.3) is 0 Å². The zero-order chi connectivity index (χ0) is 9.92. The average Bonchev–Trinajstić information content (AvgIpc) is 2.28. The summed E-state index contributed by atoms with van der Waals surface area (Å²) in [5, 5.41) is 0. The zero-order valence-corrected chi connectivity index (χ0v) is 8.62. The molecular formula is C12H17NO. The Balaban J connectivity index is 2.01. The van der Waals surface area contributed by atoms with Crippen molar-refractivity contribution in [2.45, 2.75) is 32.6 Å². The molecule has 3 aliphatic carbocycles. The lowest BCUT2D eigenvalue weighted by Crippen LogP contribution is -2.36. The van der Waals surface area contributed by atoms with Gasteiger partial charge < -0.3 is 5.73 Å². The van der Waals surface area contributed by atoms with Gasteiger partial charge in [-0.05, 0) is 43.4 Å². The summed E-state index contributed by atoms with van der Waals surface area (Å²) in [4.78, 5) is 11.6. The Morgan fingerprint density at radius 3 is 3.00 bits per heavy atom. The van der Waals surface area contributed by atoms with Crippen LogP contribution in [-0.4, -0.2) is 5.91 Å². The van der Waals surface area contributed by atoms with Crippen LogP contribution in [0.15, 0.2) is 11.6 Å². The van der Waals surface area contributed by atoms with E-state index in [-0.39, 0.29) is 11.3 Å².